The van der Waals surface area contributed by atoms with E-state index in [9.17, 15) is 9.59 Å². The monoisotopic (exact) mass is 352 g/mol. The van der Waals surface area contributed by atoms with Gasteiger partial charge in [0.25, 0.3) is 5.24 Å². The molecule has 1 atom stereocenters. The second kappa shape index (κ2) is 5.23. The summed E-state index contributed by atoms with van der Waals surface area (Å²) in [6, 6.07) is 5.15. The molecule has 1 aromatic rings. The molecule has 0 saturated heterocycles. The van der Waals surface area contributed by atoms with Gasteiger partial charge >= 0.3 is 0 Å². The summed E-state index contributed by atoms with van der Waals surface area (Å²) in [5.74, 6) is -0.0766. The van der Waals surface area contributed by atoms with Gasteiger partial charge < -0.3 is 0 Å². The number of halogens is 3. The molecule has 1 aromatic carbocycles. The lowest BCUT2D eigenvalue weighted by molar-refractivity contribution is -0.116. The molecular formula is C10H7Br2ClO2. The van der Waals surface area contributed by atoms with Gasteiger partial charge in [0.1, 0.15) is 5.78 Å². The third kappa shape index (κ3) is 2.89. The molecule has 0 N–H and O–H groups in total. The Morgan fingerprint density at radius 3 is 2.47 bits per heavy atom. The summed E-state index contributed by atoms with van der Waals surface area (Å²) in [5, 5.41) is -0.580. The highest BCUT2D eigenvalue weighted by Gasteiger charge is 2.21. The molecule has 1 unspecified atom stereocenters. The standard InChI is InChI=1S/C10H7Br2ClO2/c1-5(14)9(12)6-3-2-4-7(11)8(6)10(13)15/h2-4,9H,1H3. The van der Waals surface area contributed by atoms with Crippen LogP contribution in [-0.4, -0.2) is 11.0 Å². The van der Waals surface area contributed by atoms with Crippen LogP contribution in [0, 0.1) is 0 Å². The fraction of sp³-hybridized carbons (Fsp3) is 0.200. The van der Waals surface area contributed by atoms with Crippen molar-refractivity contribution in [2.75, 3.05) is 0 Å². The number of hydrogen-bond donors (Lipinski definition) is 0. The zero-order chi connectivity index (χ0) is 11.6. The van der Waals surface area contributed by atoms with Gasteiger partial charge in [-0.25, -0.2) is 0 Å². The van der Waals surface area contributed by atoms with E-state index in [2.05, 4.69) is 31.9 Å². The highest BCUT2D eigenvalue weighted by molar-refractivity contribution is 9.10. The minimum atomic E-state index is -0.580. The van der Waals surface area contributed by atoms with E-state index in [-0.39, 0.29) is 5.78 Å². The second-order valence-corrected chi connectivity index (χ2v) is 5.06. The smallest absolute Gasteiger partial charge is 0.253 e. The van der Waals surface area contributed by atoms with Crippen LogP contribution in [-0.2, 0) is 4.79 Å². The van der Waals surface area contributed by atoms with Crippen LogP contribution in [0.25, 0.3) is 0 Å². The van der Waals surface area contributed by atoms with Crippen molar-refractivity contribution >= 4 is 54.5 Å². The van der Waals surface area contributed by atoms with Crippen LogP contribution in [0.5, 0.6) is 0 Å². The third-order valence-corrected chi connectivity index (χ3v) is 3.86. The van der Waals surface area contributed by atoms with Crippen LogP contribution in [0.3, 0.4) is 0 Å². The van der Waals surface area contributed by atoms with E-state index in [4.69, 9.17) is 11.6 Å². The predicted molar refractivity (Wildman–Crippen MR) is 66.7 cm³/mol. The average Bonchev–Trinajstić information content (AvgIpc) is 2.15. The molecular weight excluding hydrogens is 347 g/mol. The SMILES string of the molecule is CC(=O)C(Br)c1cccc(Br)c1C(=O)Cl. The fourth-order valence-electron chi connectivity index (χ4n) is 1.18. The first kappa shape index (κ1) is 12.9. The first-order valence-corrected chi connectivity index (χ1v) is 6.16. The van der Waals surface area contributed by atoms with Crippen LogP contribution in [0.1, 0.15) is 27.7 Å². The number of benzene rings is 1. The average molecular weight is 354 g/mol. The van der Waals surface area contributed by atoms with Gasteiger partial charge in [-0.2, -0.15) is 0 Å². The molecule has 2 nitrogen and oxygen atoms in total. The van der Waals surface area contributed by atoms with Gasteiger partial charge in [-0.05, 0) is 46.1 Å². The molecule has 0 aromatic heterocycles. The van der Waals surface area contributed by atoms with E-state index in [1.807, 2.05) is 0 Å². The Morgan fingerprint density at radius 1 is 1.40 bits per heavy atom. The van der Waals surface area contributed by atoms with Gasteiger partial charge in [0.15, 0.2) is 0 Å². The minimum Gasteiger partial charge on any atom is -0.298 e. The van der Waals surface area contributed by atoms with Crippen molar-refractivity contribution in [3.8, 4) is 0 Å². The summed E-state index contributed by atoms with van der Waals surface area (Å²) in [6.07, 6.45) is 0. The summed E-state index contributed by atoms with van der Waals surface area (Å²) < 4.78 is 0.589. The maximum absolute atomic E-state index is 11.2. The van der Waals surface area contributed by atoms with Gasteiger partial charge in [-0.1, -0.05) is 28.1 Å². The Hall–Kier alpha value is -0.190. The number of carbonyl (C=O) groups is 2. The second-order valence-electron chi connectivity index (χ2n) is 2.95. The summed E-state index contributed by atoms with van der Waals surface area (Å²) in [6.45, 7) is 1.45. The van der Waals surface area contributed by atoms with E-state index in [1.54, 1.807) is 18.2 Å². The summed E-state index contributed by atoms with van der Waals surface area (Å²) in [4.78, 5) is 21.9. The van der Waals surface area contributed by atoms with Crippen molar-refractivity contribution in [2.45, 2.75) is 11.8 Å². The molecule has 0 fully saturated rings. The summed E-state index contributed by atoms with van der Waals surface area (Å²) >= 11 is 11.9. The molecule has 5 heteroatoms. The zero-order valence-corrected chi connectivity index (χ0v) is 11.7. The van der Waals surface area contributed by atoms with Gasteiger partial charge in [-0.15, -0.1) is 0 Å². The van der Waals surface area contributed by atoms with Crippen LogP contribution >= 0.6 is 43.5 Å². The van der Waals surface area contributed by atoms with Gasteiger partial charge in [-0.3, -0.25) is 9.59 Å². The largest absolute Gasteiger partial charge is 0.298 e. The van der Waals surface area contributed by atoms with E-state index in [1.165, 1.54) is 6.92 Å². The number of hydrogen-bond acceptors (Lipinski definition) is 2. The van der Waals surface area contributed by atoms with Crippen molar-refractivity contribution < 1.29 is 9.59 Å². The summed E-state index contributed by atoms with van der Waals surface area (Å²) in [7, 11) is 0. The van der Waals surface area contributed by atoms with Crippen molar-refractivity contribution in [3.05, 3.63) is 33.8 Å². The molecule has 0 saturated carbocycles. The number of alkyl halides is 1. The van der Waals surface area contributed by atoms with Crippen LogP contribution in [0.4, 0.5) is 0 Å². The molecule has 0 aliphatic carbocycles. The molecule has 80 valence electrons. The Bertz CT molecular complexity index is 418. The van der Waals surface area contributed by atoms with Crippen LogP contribution < -0.4 is 0 Å². The molecule has 0 aliphatic rings. The molecule has 0 amide bonds. The van der Waals surface area contributed by atoms with Crippen molar-refractivity contribution in [1.29, 1.82) is 0 Å². The maximum atomic E-state index is 11.2. The van der Waals surface area contributed by atoms with Crippen molar-refractivity contribution in [2.24, 2.45) is 0 Å². The Balaban J connectivity index is 3.35. The molecule has 0 heterocycles. The third-order valence-electron chi connectivity index (χ3n) is 1.87. The fourth-order valence-corrected chi connectivity index (χ4v) is 2.45. The van der Waals surface area contributed by atoms with Crippen LogP contribution in [0.15, 0.2) is 22.7 Å². The van der Waals surface area contributed by atoms with Gasteiger partial charge in [0.2, 0.25) is 0 Å². The molecule has 0 aliphatic heterocycles. The van der Waals surface area contributed by atoms with Crippen molar-refractivity contribution in [3.63, 3.8) is 0 Å². The van der Waals surface area contributed by atoms with Crippen LogP contribution in [0.2, 0.25) is 0 Å². The van der Waals surface area contributed by atoms with E-state index in [0.717, 1.165) is 0 Å². The lowest BCUT2D eigenvalue weighted by atomic mass is 10.0. The number of rotatable bonds is 3. The quantitative estimate of drug-likeness (QED) is 0.610. The minimum absolute atomic E-state index is 0.0766. The molecule has 0 radical (unpaired) electrons. The molecule has 1 rings (SSSR count). The molecule has 0 spiro atoms. The zero-order valence-electron chi connectivity index (χ0n) is 7.76. The Labute approximate surface area is 109 Å². The highest BCUT2D eigenvalue weighted by atomic mass is 79.9. The maximum Gasteiger partial charge on any atom is 0.253 e. The predicted octanol–water partition coefficient (Wildman–Crippen LogP) is 3.85. The summed E-state index contributed by atoms with van der Waals surface area (Å²) in [5.41, 5.74) is 0.910. The van der Waals surface area contributed by atoms with E-state index in [0.29, 0.717) is 15.6 Å². The highest BCUT2D eigenvalue weighted by Crippen LogP contribution is 2.32. The van der Waals surface area contributed by atoms with Gasteiger partial charge in [0, 0.05) is 4.47 Å². The number of carbonyl (C=O) groups excluding carboxylic acids is 2. The van der Waals surface area contributed by atoms with E-state index >= 15 is 0 Å². The number of Topliss-reactive ketones (excluding diaryl/α,β-unsaturated/α-hetero) is 1. The molecule has 15 heavy (non-hydrogen) atoms. The lowest BCUT2D eigenvalue weighted by Crippen LogP contribution is -2.07. The Morgan fingerprint density at radius 2 is 2.00 bits per heavy atom. The first-order valence-electron chi connectivity index (χ1n) is 4.08. The topological polar surface area (TPSA) is 34.1 Å². The van der Waals surface area contributed by atoms with Crippen molar-refractivity contribution in [1.82, 2.24) is 0 Å². The molecule has 0 bridgehead atoms. The number of ketones is 1. The van der Waals surface area contributed by atoms with Gasteiger partial charge in [0.05, 0.1) is 10.4 Å². The lowest BCUT2D eigenvalue weighted by Gasteiger charge is -2.11. The van der Waals surface area contributed by atoms with E-state index < -0.39 is 10.1 Å². The Kier molecular flexibility index (Phi) is 4.49. The normalized spacial score (nSPS) is 12.3. The first-order chi connectivity index (χ1) is 6.95.